The van der Waals surface area contributed by atoms with Crippen LogP contribution in [0.4, 0.5) is 0 Å². The summed E-state index contributed by atoms with van der Waals surface area (Å²) in [6, 6.07) is 0.922. The Morgan fingerprint density at radius 1 is 1.57 bits per heavy atom. The number of amides is 1. The number of carbonyl (C=O) groups excluding carboxylic acids is 2. The SMILES string of the molecule is CC(=O)c1ncc(C(=O)NCC2CCCN2C(C)C)s1.O=CO. The van der Waals surface area contributed by atoms with Crippen molar-refractivity contribution >= 4 is 29.5 Å². The van der Waals surface area contributed by atoms with Gasteiger partial charge in [0.25, 0.3) is 12.4 Å². The van der Waals surface area contributed by atoms with E-state index in [9.17, 15) is 9.59 Å². The Bertz CT molecular complexity index is 545. The van der Waals surface area contributed by atoms with Gasteiger partial charge >= 0.3 is 0 Å². The number of aromatic nitrogens is 1. The van der Waals surface area contributed by atoms with Crippen LogP contribution in [0.5, 0.6) is 0 Å². The van der Waals surface area contributed by atoms with E-state index < -0.39 is 0 Å². The summed E-state index contributed by atoms with van der Waals surface area (Å²) in [4.78, 5) is 38.5. The van der Waals surface area contributed by atoms with Crippen molar-refractivity contribution in [1.29, 1.82) is 0 Å². The molecule has 1 unspecified atom stereocenters. The average Bonchev–Trinajstić information content (AvgIpc) is 3.14. The number of Topliss-reactive ketones (excluding diaryl/α,β-unsaturated/α-hetero) is 1. The van der Waals surface area contributed by atoms with Crippen molar-refractivity contribution in [1.82, 2.24) is 15.2 Å². The molecular formula is C15H23N3O4S. The number of nitrogens with one attached hydrogen (secondary N) is 1. The van der Waals surface area contributed by atoms with Crippen LogP contribution >= 0.6 is 11.3 Å². The molecule has 1 amide bonds. The molecule has 0 saturated carbocycles. The van der Waals surface area contributed by atoms with Crippen LogP contribution in [-0.2, 0) is 4.79 Å². The van der Waals surface area contributed by atoms with Crippen LogP contribution in [0.25, 0.3) is 0 Å². The molecule has 1 atom stereocenters. The Morgan fingerprint density at radius 2 is 2.22 bits per heavy atom. The van der Waals surface area contributed by atoms with Crippen molar-refractivity contribution in [2.45, 2.75) is 45.7 Å². The first-order valence-electron chi connectivity index (χ1n) is 7.49. The first-order chi connectivity index (χ1) is 10.9. The van der Waals surface area contributed by atoms with E-state index in [2.05, 4.69) is 29.0 Å². The molecule has 23 heavy (non-hydrogen) atoms. The van der Waals surface area contributed by atoms with Crippen molar-refractivity contribution < 1.29 is 19.5 Å². The van der Waals surface area contributed by atoms with Crippen molar-refractivity contribution in [2.75, 3.05) is 13.1 Å². The molecule has 0 spiro atoms. The molecule has 0 bridgehead atoms. The molecule has 7 nitrogen and oxygen atoms in total. The summed E-state index contributed by atoms with van der Waals surface area (Å²) in [5.74, 6) is -0.235. The number of hydrogen-bond donors (Lipinski definition) is 2. The van der Waals surface area contributed by atoms with Crippen LogP contribution < -0.4 is 5.32 Å². The van der Waals surface area contributed by atoms with Crippen LogP contribution in [0, 0.1) is 0 Å². The van der Waals surface area contributed by atoms with Crippen LogP contribution in [0.2, 0.25) is 0 Å². The van der Waals surface area contributed by atoms with Gasteiger partial charge in [0.2, 0.25) is 0 Å². The van der Waals surface area contributed by atoms with Crippen LogP contribution in [0.1, 0.15) is 53.1 Å². The van der Waals surface area contributed by atoms with Crippen LogP contribution in [-0.4, -0.2) is 58.3 Å². The Morgan fingerprint density at radius 3 is 2.74 bits per heavy atom. The molecule has 0 aromatic carbocycles. The summed E-state index contributed by atoms with van der Waals surface area (Å²) in [5.41, 5.74) is 0. The first-order valence-corrected chi connectivity index (χ1v) is 8.30. The number of carboxylic acid groups (broad SMARTS) is 1. The number of hydrogen-bond acceptors (Lipinski definition) is 6. The van der Waals surface area contributed by atoms with E-state index in [1.165, 1.54) is 19.5 Å². The number of likely N-dealkylation sites (tertiary alicyclic amines) is 1. The fourth-order valence-electron chi connectivity index (χ4n) is 2.60. The molecule has 1 aliphatic rings. The van der Waals surface area contributed by atoms with E-state index in [0.717, 1.165) is 24.3 Å². The van der Waals surface area contributed by atoms with Gasteiger partial charge in [0.15, 0.2) is 10.8 Å². The number of nitrogens with zero attached hydrogens (tertiary/aromatic N) is 2. The zero-order valence-corrected chi connectivity index (χ0v) is 14.4. The van der Waals surface area contributed by atoms with Crippen molar-refractivity contribution in [3.05, 3.63) is 16.1 Å². The van der Waals surface area contributed by atoms with Crippen LogP contribution in [0.3, 0.4) is 0 Å². The lowest BCUT2D eigenvalue weighted by Crippen LogP contribution is -2.43. The fourth-order valence-corrected chi connectivity index (χ4v) is 3.32. The maximum absolute atomic E-state index is 12.0. The zero-order valence-electron chi connectivity index (χ0n) is 13.6. The van der Waals surface area contributed by atoms with Gasteiger partial charge in [0.1, 0.15) is 4.88 Å². The molecule has 8 heteroatoms. The summed E-state index contributed by atoms with van der Waals surface area (Å²) in [7, 11) is 0. The van der Waals surface area contributed by atoms with Gasteiger partial charge in [-0.3, -0.25) is 19.3 Å². The average molecular weight is 341 g/mol. The number of carbonyl (C=O) groups is 3. The standard InChI is InChI=1S/C14H21N3O2S.CH2O2/c1-9(2)17-6-4-5-11(17)7-15-13(19)12-8-16-14(20-12)10(3)18;2-1-3/h8-9,11H,4-7H2,1-3H3,(H,15,19);1H,(H,2,3). The van der Waals surface area contributed by atoms with Crippen molar-refractivity contribution in [3.8, 4) is 0 Å². The van der Waals surface area contributed by atoms with Gasteiger partial charge in [-0.1, -0.05) is 0 Å². The summed E-state index contributed by atoms with van der Waals surface area (Å²) in [6.45, 7) is 7.34. The third-order valence-corrected chi connectivity index (χ3v) is 4.71. The highest BCUT2D eigenvalue weighted by atomic mass is 32.1. The Labute approximate surface area is 139 Å². The van der Waals surface area contributed by atoms with Gasteiger partial charge in [-0.25, -0.2) is 4.98 Å². The normalized spacial score (nSPS) is 17.5. The van der Waals surface area contributed by atoms with E-state index in [-0.39, 0.29) is 18.2 Å². The second-order valence-electron chi connectivity index (χ2n) is 5.53. The Hall–Kier alpha value is -1.80. The smallest absolute Gasteiger partial charge is 0.290 e. The lowest BCUT2D eigenvalue weighted by Gasteiger charge is -2.28. The quantitative estimate of drug-likeness (QED) is 0.624. The van der Waals surface area contributed by atoms with Gasteiger partial charge in [-0.15, -0.1) is 11.3 Å². The predicted octanol–water partition coefficient (Wildman–Crippen LogP) is 1.65. The van der Waals surface area contributed by atoms with Crippen molar-refractivity contribution in [2.24, 2.45) is 0 Å². The van der Waals surface area contributed by atoms with Gasteiger partial charge in [-0.2, -0.15) is 0 Å². The number of ketones is 1. The number of rotatable bonds is 5. The molecule has 1 saturated heterocycles. The van der Waals surface area contributed by atoms with E-state index in [4.69, 9.17) is 9.90 Å². The van der Waals surface area contributed by atoms with Gasteiger partial charge in [0, 0.05) is 25.6 Å². The third kappa shape index (κ3) is 5.72. The molecule has 1 fully saturated rings. The molecular weight excluding hydrogens is 318 g/mol. The lowest BCUT2D eigenvalue weighted by atomic mass is 10.2. The molecule has 2 heterocycles. The summed E-state index contributed by atoms with van der Waals surface area (Å²) < 4.78 is 0. The molecule has 1 aliphatic heterocycles. The third-order valence-electron chi connectivity index (χ3n) is 3.61. The zero-order chi connectivity index (χ0) is 17.4. The maximum atomic E-state index is 12.0. The second kappa shape index (κ2) is 9.36. The Balaban J connectivity index is 0.000000816. The predicted molar refractivity (Wildman–Crippen MR) is 88.0 cm³/mol. The minimum atomic E-state index is -0.250. The minimum Gasteiger partial charge on any atom is -0.483 e. The topological polar surface area (TPSA) is 99.6 Å². The molecule has 1 aromatic rings. The fraction of sp³-hybridized carbons (Fsp3) is 0.600. The highest BCUT2D eigenvalue weighted by molar-refractivity contribution is 7.15. The van der Waals surface area contributed by atoms with Crippen molar-refractivity contribution in [3.63, 3.8) is 0 Å². The molecule has 2 rings (SSSR count). The highest BCUT2D eigenvalue weighted by Crippen LogP contribution is 2.19. The monoisotopic (exact) mass is 341 g/mol. The Kier molecular flexibility index (Phi) is 7.84. The van der Waals surface area contributed by atoms with E-state index in [0.29, 0.717) is 28.5 Å². The molecule has 1 aromatic heterocycles. The highest BCUT2D eigenvalue weighted by Gasteiger charge is 2.26. The van der Waals surface area contributed by atoms with Gasteiger partial charge in [0.05, 0.1) is 6.20 Å². The molecule has 2 N–H and O–H groups in total. The van der Waals surface area contributed by atoms with Crippen LogP contribution in [0.15, 0.2) is 6.20 Å². The summed E-state index contributed by atoms with van der Waals surface area (Å²) >= 11 is 1.15. The summed E-state index contributed by atoms with van der Waals surface area (Å²) in [6.07, 6.45) is 3.79. The first kappa shape index (κ1) is 19.2. The lowest BCUT2D eigenvalue weighted by molar-refractivity contribution is -0.122. The van der Waals surface area contributed by atoms with E-state index in [1.807, 2.05) is 0 Å². The van der Waals surface area contributed by atoms with Gasteiger partial charge in [-0.05, 0) is 33.2 Å². The minimum absolute atomic E-state index is 0.101. The summed E-state index contributed by atoms with van der Waals surface area (Å²) in [5, 5.41) is 10.2. The largest absolute Gasteiger partial charge is 0.483 e. The molecule has 128 valence electrons. The number of thiazole rings is 1. The van der Waals surface area contributed by atoms with Gasteiger partial charge < -0.3 is 10.4 Å². The van der Waals surface area contributed by atoms with E-state index in [1.54, 1.807) is 0 Å². The maximum Gasteiger partial charge on any atom is 0.290 e. The molecule has 0 aliphatic carbocycles. The van der Waals surface area contributed by atoms with E-state index >= 15 is 0 Å². The second-order valence-corrected chi connectivity index (χ2v) is 6.56. The molecule has 0 radical (unpaired) electrons.